The Morgan fingerprint density at radius 1 is 1.35 bits per heavy atom. The van der Waals surface area contributed by atoms with Crippen molar-refractivity contribution in [1.29, 1.82) is 0 Å². The zero-order valence-corrected chi connectivity index (χ0v) is 13.4. The van der Waals surface area contributed by atoms with Gasteiger partial charge in [0.05, 0.1) is 7.11 Å². The maximum absolute atomic E-state index is 12.1. The quantitative estimate of drug-likeness (QED) is 0.785. The zero-order valence-electron chi connectivity index (χ0n) is 13.4. The van der Waals surface area contributed by atoms with Crippen LogP contribution in [0, 0.1) is 0 Å². The molecule has 1 amide bonds. The van der Waals surface area contributed by atoms with Crippen molar-refractivity contribution in [3.8, 4) is 5.75 Å². The number of methoxy groups -OCH3 is 1. The van der Waals surface area contributed by atoms with Crippen LogP contribution >= 0.6 is 0 Å². The van der Waals surface area contributed by atoms with Gasteiger partial charge in [0.15, 0.2) is 0 Å². The fourth-order valence-electron chi connectivity index (χ4n) is 2.89. The molecular formula is C17H22F3NO2. The van der Waals surface area contributed by atoms with E-state index in [1.54, 1.807) is 19.1 Å². The molecule has 0 heterocycles. The number of ether oxygens (including phenoxy) is 1. The zero-order chi connectivity index (χ0) is 17.0. The van der Waals surface area contributed by atoms with Crippen LogP contribution in [0.1, 0.15) is 43.6 Å². The molecule has 0 atom stereocenters. The van der Waals surface area contributed by atoms with E-state index in [4.69, 9.17) is 4.74 Å². The number of rotatable bonds is 6. The van der Waals surface area contributed by atoms with E-state index in [1.165, 1.54) is 5.56 Å². The lowest BCUT2D eigenvalue weighted by molar-refractivity contribution is -0.141. The number of halogens is 3. The van der Waals surface area contributed by atoms with Crippen LogP contribution < -0.4 is 4.74 Å². The number of hydrogen-bond acceptors (Lipinski definition) is 2. The summed E-state index contributed by atoms with van der Waals surface area (Å²) in [6.45, 7) is 0. The summed E-state index contributed by atoms with van der Waals surface area (Å²) >= 11 is 0. The number of hydrogen-bond donors (Lipinski definition) is 0. The summed E-state index contributed by atoms with van der Waals surface area (Å²) in [5.74, 6) is 0.978. The molecule has 1 aliphatic rings. The normalized spacial score (nSPS) is 20.7. The molecule has 1 aromatic carbocycles. The second-order valence-corrected chi connectivity index (χ2v) is 6.07. The average molecular weight is 329 g/mol. The molecule has 2 rings (SSSR count). The SMILES string of the molecule is COc1cccc(C2CC(N(C)C(=O)CCCC(F)(F)F)C2)c1. The van der Waals surface area contributed by atoms with E-state index in [9.17, 15) is 18.0 Å². The van der Waals surface area contributed by atoms with Gasteiger partial charge in [-0.25, -0.2) is 0 Å². The molecule has 128 valence electrons. The minimum atomic E-state index is -4.19. The van der Waals surface area contributed by atoms with Gasteiger partial charge in [0.2, 0.25) is 5.91 Å². The van der Waals surface area contributed by atoms with Crippen LogP contribution in [0.2, 0.25) is 0 Å². The molecule has 0 aromatic heterocycles. The van der Waals surface area contributed by atoms with Crippen molar-refractivity contribution in [2.75, 3.05) is 14.2 Å². The monoisotopic (exact) mass is 329 g/mol. The molecule has 0 bridgehead atoms. The van der Waals surface area contributed by atoms with Gasteiger partial charge in [-0.1, -0.05) is 12.1 Å². The second-order valence-electron chi connectivity index (χ2n) is 6.07. The van der Waals surface area contributed by atoms with Crippen LogP contribution in [0.4, 0.5) is 13.2 Å². The van der Waals surface area contributed by atoms with Crippen LogP contribution in [-0.2, 0) is 4.79 Å². The van der Waals surface area contributed by atoms with Gasteiger partial charge in [0, 0.05) is 25.9 Å². The molecule has 1 fully saturated rings. The van der Waals surface area contributed by atoms with Crippen molar-refractivity contribution in [3.63, 3.8) is 0 Å². The maximum atomic E-state index is 12.1. The van der Waals surface area contributed by atoms with E-state index in [1.807, 2.05) is 24.3 Å². The third kappa shape index (κ3) is 4.88. The van der Waals surface area contributed by atoms with E-state index < -0.39 is 12.6 Å². The lowest BCUT2D eigenvalue weighted by Crippen LogP contribution is -2.44. The van der Waals surface area contributed by atoms with Crippen molar-refractivity contribution < 1.29 is 22.7 Å². The Morgan fingerprint density at radius 2 is 2.04 bits per heavy atom. The Kier molecular flexibility index (Phi) is 5.55. The average Bonchev–Trinajstić information content (AvgIpc) is 2.44. The van der Waals surface area contributed by atoms with Crippen LogP contribution in [0.5, 0.6) is 5.75 Å². The van der Waals surface area contributed by atoms with Gasteiger partial charge in [-0.05, 0) is 42.9 Å². The number of amides is 1. The first-order valence-electron chi connectivity index (χ1n) is 7.76. The highest BCUT2D eigenvalue weighted by Crippen LogP contribution is 2.40. The number of carbonyl (C=O) groups is 1. The summed E-state index contributed by atoms with van der Waals surface area (Å²) in [5, 5.41) is 0. The first-order chi connectivity index (χ1) is 10.8. The summed E-state index contributed by atoms with van der Waals surface area (Å²) < 4.78 is 41.5. The van der Waals surface area contributed by atoms with Gasteiger partial charge < -0.3 is 9.64 Å². The van der Waals surface area contributed by atoms with Crippen molar-refractivity contribution in [2.24, 2.45) is 0 Å². The van der Waals surface area contributed by atoms with Crippen molar-refractivity contribution in [3.05, 3.63) is 29.8 Å². The fourth-order valence-corrected chi connectivity index (χ4v) is 2.89. The Hall–Kier alpha value is -1.72. The van der Waals surface area contributed by atoms with E-state index >= 15 is 0 Å². The lowest BCUT2D eigenvalue weighted by Gasteiger charge is -2.41. The van der Waals surface area contributed by atoms with E-state index in [-0.39, 0.29) is 24.8 Å². The lowest BCUT2D eigenvalue weighted by atomic mass is 9.75. The highest BCUT2D eigenvalue weighted by Gasteiger charge is 2.35. The fraction of sp³-hybridized carbons (Fsp3) is 0.588. The molecule has 0 aliphatic heterocycles. The molecule has 3 nitrogen and oxygen atoms in total. The predicted octanol–water partition coefficient (Wildman–Crippen LogP) is 4.13. The Balaban J connectivity index is 1.78. The van der Waals surface area contributed by atoms with Gasteiger partial charge in [-0.3, -0.25) is 4.79 Å². The summed E-state index contributed by atoms with van der Waals surface area (Å²) in [6, 6.07) is 7.97. The largest absolute Gasteiger partial charge is 0.497 e. The van der Waals surface area contributed by atoms with Crippen LogP contribution in [0.25, 0.3) is 0 Å². The van der Waals surface area contributed by atoms with E-state index in [0.717, 1.165) is 18.6 Å². The first kappa shape index (κ1) is 17.6. The number of nitrogens with zero attached hydrogens (tertiary/aromatic N) is 1. The number of carbonyl (C=O) groups excluding carboxylic acids is 1. The Morgan fingerprint density at radius 3 is 2.65 bits per heavy atom. The number of alkyl halides is 3. The smallest absolute Gasteiger partial charge is 0.389 e. The minimum absolute atomic E-state index is 0.0453. The molecule has 1 saturated carbocycles. The highest BCUT2D eigenvalue weighted by atomic mass is 19.4. The Bertz CT molecular complexity index is 539. The summed E-state index contributed by atoms with van der Waals surface area (Å²) in [6.07, 6.45) is -3.59. The Labute approximate surface area is 134 Å². The first-order valence-corrected chi connectivity index (χ1v) is 7.76. The molecule has 0 spiro atoms. The van der Waals surface area contributed by atoms with Gasteiger partial charge in [0.25, 0.3) is 0 Å². The molecule has 23 heavy (non-hydrogen) atoms. The van der Waals surface area contributed by atoms with Crippen molar-refractivity contribution in [2.45, 2.75) is 50.2 Å². The molecule has 6 heteroatoms. The third-order valence-electron chi connectivity index (χ3n) is 4.47. The molecule has 0 N–H and O–H groups in total. The van der Waals surface area contributed by atoms with Crippen LogP contribution in [0.15, 0.2) is 24.3 Å². The van der Waals surface area contributed by atoms with Gasteiger partial charge in [0.1, 0.15) is 5.75 Å². The van der Waals surface area contributed by atoms with Gasteiger partial charge >= 0.3 is 6.18 Å². The molecule has 1 aliphatic carbocycles. The minimum Gasteiger partial charge on any atom is -0.497 e. The van der Waals surface area contributed by atoms with Crippen LogP contribution in [-0.4, -0.2) is 37.2 Å². The summed E-state index contributed by atoms with van der Waals surface area (Å²) in [5.41, 5.74) is 1.18. The number of benzene rings is 1. The van der Waals surface area contributed by atoms with Crippen LogP contribution in [0.3, 0.4) is 0 Å². The summed E-state index contributed by atoms with van der Waals surface area (Å²) in [7, 11) is 3.30. The van der Waals surface area contributed by atoms with Crippen molar-refractivity contribution >= 4 is 5.91 Å². The molecular weight excluding hydrogens is 307 g/mol. The van der Waals surface area contributed by atoms with E-state index in [0.29, 0.717) is 5.92 Å². The third-order valence-corrected chi connectivity index (χ3v) is 4.47. The topological polar surface area (TPSA) is 29.5 Å². The molecule has 0 unspecified atom stereocenters. The van der Waals surface area contributed by atoms with E-state index in [2.05, 4.69) is 0 Å². The molecule has 0 radical (unpaired) electrons. The highest BCUT2D eigenvalue weighted by molar-refractivity contribution is 5.76. The van der Waals surface area contributed by atoms with Crippen molar-refractivity contribution in [1.82, 2.24) is 4.90 Å². The molecule has 1 aromatic rings. The standard InChI is InChI=1S/C17H22F3NO2/c1-21(16(22)7-4-8-17(18,19)20)14-9-13(10-14)12-5-3-6-15(11-12)23-2/h3,5-6,11,13-14H,4,7-10H2,1-2H3. The summed E-state index contributed by atoms with van der Waals surface area (Å²) in [4.78, 5) is 13.5. The van der Waals surface area contributed by atoms with Gasteiger partial charge in [-0.2, -0.15) is 13.2 Å². The molecule has 0 saturated heterocycles. The predicted molar refractivity (Wildman–Crippen MR) is 81.4 cm³/mol. The maximum Gasteiger partial charge on any atom is 0.389 e. The van der Waals surface area contributed by atoms with Gasteiger partial charge in [-0.15, -0.1) is 0 Å². The second kappa shape index (κ2) is 7.23.